The number of carbonyl (C=O) groups excluding carboxylic acids is 1. The van der Waals surface area contributed by atoms with Crippen molar-refractivity contribution in [2.24, 2.45) is 11.7 Å². The topological polar surface area (TPSA) is 52.8 Å². The summed E-state index contributed by atoms with van der Waals surface area (Å²) in [5.41, 5.74) is 16.8. The molecule has 2 saturated heterocycles. The van der Waals surface area contributed by atoms with Crippen LogP contribution in [0.4, 0.5) is 5.69 Å². The van der Waals surface area contributed by atoms with E-state index in [-0.39, 0.29) is 11.8 Å². The first kappa shape index (κ1) is 29.9. The summed E-state index contributed by atoms with van der Waals surface area (Å²) in [5.74, 6) is 1.14. The van der Waals surface area contributed by atoms with E-state index < -0.39 is 0 Å². The number of primary amides is 1. The van der Waals surface area contributed by atoms with Crippen LogP contribution in [-0.4, -0.2) is 48.4 Å². The number of para-hydroxylation sites is 1. The molecule has 5 nitrogen and oxygen atoms in total. The van der Waals surface area contributed by atoms with E-state index in [0.717, 1.165) is 71.2 Å². The standard InChI is InChI=1S/C35H50N4O/c1-7-9-13-33-27(6)30-18-20-37(19-15-28(8-2)23-25(3)4)24-31(30)35(38-21-16-29(17-22-38)34(36)40)39(33)32-14-11-10-12-26(32)5/h8,10-14,23,29H,7,9,15-22,24H2,1-6H3,(H2,36,40)/b28-8-,33-13+. The lowest BCUT2D eigenvalue weighted by Gasteiger charge is -2.47. The number of amides is 1. The fourth-order valence-corrected chi connectivity index (χ4v) is 6.45. The van der Waals surface area contributed by atoms with Crippen molar-refractivity contribution in [2.45, 2.75) is 80.1 Å². The molecule has 1 aromatic carbocycles. The van der Waals surface area contributed by atoms with Crippen LogP contribution >= 0.6 is 0 Å². The monoisotopic (exact) mass is 542 g/mol. The molecule has 0 unspecified atom stereocenters. The van der Waals surface area contributed by atoms with E-state index in [1.54, 1.807) is 0 Å². The van der Waals surface area contributed by atoms with Gasteiger partial charge in [-0.05, 0) is 89.5 Å². The summed E-state index contributed by atoms with van der Waals surface area (Å²) in [5, 5.41) is 0. The smallest absolute Gasteiger partial charge is 0.220 e. The normalized spacial score (nSPS) is 20.4. The summed E-state index contributed by atoms with van der Waals surface area (Å²) in [6.45, 7) is 18.1. The molecule has 1 aromatic rings. The molecule has 0 aliphatic carbocycles. The van der Waals surface area contributed by atoms with E-state index in [9.17, 15) is 4.79 Å². The quantitative estimate of drug-likeness (QED) is 0.334. The lowest BCUT2D eigenvalue weighted by atomic mass is 9.86. The van der Waals surface area contributed by atoms with Crippen LogP contribution in [0.5, 0.6) is 0 Å². The number of allylic oxidation sites excluding steroid dienone is 5. The zero-order valence-electron chi connectivity index (χ0n) is 25.7. The number of likely N-dealkylation sites (tertiary alicyclic amines) is 2. The average Bonchev–Trinajstić information content (AvgIpc) is 2.94. The van der Waals surface area contributed by atoms with E-state index in [1.807, 2.05) is 0 Å². The van der Waals surface area contributed by atoms with Gasteiger partial charge in [-0.15, -0.1) is 0 Å². The molecule has 0 saturated carbocycles. The van der Waals surface area contributed by atoms with Gasteiger partial charge in [0, 0.05) is 49.9 Å². The molecule has 3 aliphatic heterocycles. The number of fused-ring (bicyclic) bond motifs is 1. The van der Waals surface area contributed by atoms with Crippen LogP contribution in [0.3, 0.4) is 0 Å². The minimum Gasteiger partial charge on any atom is -0.369 e. The number of hydrogen-bond acceptors (Lipinski definition) is 4. The number of rotatable bonds is 9. The van der Waals surface area contributed by atoms with Gasteiger partial charge < -0.3 is 10.6 Å². The minimum absolute atomic E-state index is 0.0265. The summed E-state index contributed by atoms with van der Waals surface area (Å²) in [6, 6.07) is 8.77. The summed E-state index contributed by atoms with van der Waals surface area (Å²) in [4.78, 5) is 19.8. The fourth-order valence-electron chi connectivity index (χ4n) is 6.45. The number of nitrogens with zero attached hydrogens (tertiary/aromatic N) is 3. The van der Waals surface area contributed by atoms with Crippen LogP contribution < -0.4 is 10.6 Å². The van der Waals surface area contributed by atoms with Crippen LogP contribution in [0.25, 0.3) is 0 Å². The number of anilines is 1. The van der Waals surface area contributed by atoms with E-state index in [4.69, 9.17) is 5.73 Å². The highest BCUT2D eigenvalue weighted by Gasteiger charge is 2.37. The number of nitrogens with two attached hydrogens (primary N) is 1. The van der Waals surface area contributed by atoms with Crippen molar-refractivity contribution in [3.8, 4) is 0 Å². The summed E-state index contributed by atoms with van der Waals surface area (Å²) in [7, 11) is 0. The molecule has 216 valence electrons. The molecule has 40 heavy (non-hydrogen) atoms. The molecule has 3 aliphatic rings. The Morgan fingerprint density at radius 1 is 1.07 bits per heavy atom. The Labute approximate surface area is 242 Å². The molecule has 0 radical (unpaired) electrons. The van der Waals surface area contributed by atoms with E-state index in [2.05, 4.69) is 98.7 Å². The summed E-state index contributed by atoms with van der Waals surface area (Å²) in [6.07, 6.45) is 13.0. The first-order valence-corrected chi connectivity index (χ1v) is 15.3. The van der Waals surface area contributed by atoms with Gasteiger partial charge in [0.15, 0.2) is 0 Å². The number of hydrogen-bond donors (Lipinski definition) is 1. The van der Waals surface area contributed by atoms with Crippen molar-refractivity contribution in [1.29, 1.82) is 0 Å². The highest BCUT2D eigenvalue weighted by Crippen LogP contribution is 2.44. The Kier molecular flexibility index (Phi) is 10.1. The predicted molar refractivity (Wildman–Crippen MR) is 169 cm³/mol. The van der Waals surface area contributed by atoms with Crippen molar-refractivity contribution in [3.63, 3.8) is 0 Å². The maximum atomic E-state index is 12.0. The number of benzene rings is 1. The fraction of sp³-hybridized carbons (Fsp3) is 0.514. The van der Waals surface area contributed by atoms with Gasteiger partial charge in [-0.2, -0.15) is 0 Å². The molecule has 0 atom stereocenters. The Morgan fingerprint density at radius 3 is 2.42 bits per heavy atom. The van der Waals surface area contributed by atoms with Gasteiger partial charge in [-0.25, -0.2) is 0 Å². The molecule has 2 fully saturated rings. The third-order valence-corrected chi connectivity index (χ3v) is 8.72. The molecule has 0 aromatic heterocycles. The van der Waals surface area contributed by atoms with Gasteiger partial charge in [-0.1, -0.05) is 60.9 Å². The maximum absolute atomic E-state index is 12.0. The summed E-state index contributed by atoms with van der Waals surface area (Å²) >= 11 is 0. The first-order valence-electron chi connectivity index (χ1n) is 15.3. The van der Waals surface area contributed by atoms with Crippen LogP contribution in [-0.2, 0) is 4.79 Å². The molecule has 1 amide bonds. The van der Waals surface area contributed by atoms with E-state index in [0.29, 0.717) is 0 Å². The minimum atomic E-state index is -0.156. The number of unbranched alkanes of at least 4 members (excludes halogenated alkanes) is 1. The molecule has 5 heteroatoms. The summed E-state index contributed by atoms with van der Waals surface area (Å²) < 4.78 is 0. The molecule has 0 spiro atoms. The second-order valence-electron chi connectivity index (χ2n) is 11.9. The SMILES string of the molecule is C/C=C(\C=C(C)C)CCN1CCC2=C(C)/C(=C\CCC)N(c3ccccc3C)C(N3CCC(C(N)=O)CC3)=C2C1. The first-order chi connectivity index (χ1) is 19.2. The zero-order chi connectivity index (χ0) is 28.8. The van der Waals surface area contributed by atoms with Crippen molar-refractivity contribution in [3.05, 3.63) is 87.4 Å². The Hall–Kier alpha value is -3.05. The van der Waals surface area contributed by atoms with Gasteiger partial charge in [0.1, 0.15) is 5.82 Å². The Balaban J connectivity index is 1.79. The van der Waals surface area contributed by atoms with Gasteiger partial charge in [0.05, 0.1) is 5.69 Å². The van der Waals surface area contributed by atoms with Crippen molar-refractivity contribution >= 4 is 11.6 Å². The van der Waals surface area contributed by atoms with E-state index >= 15 is 0 Å². The Bertz CT molecular complexity index is 1240. The number of aryl methyl sites for hydroxylation is 1. The lowest BCUT2D eigenvalue weighted by Crippen LogP contribution is -2.47. The lowest BCUT2D eigenvalue weighted by molar-refractivity contribution is -0.123. The maximum Gasteiger partial charge on any atom is 0.220 e. The van der Waals surface area contributed by atoms with Crippen molar-refractivity contribution in [1.82, 2.24) is 9.80 Å². The molecule has 4 rings (SSSR count). The van der Waals surface area contributed by atoms with Crippen LogP contribution in [0.15, 0.2) is 81.9 Å². The second-order valence-corrected chi connectivity index (χ2v) is 11.9. The molecule has 2 N–H and O–H groups in total. The van der Waals surface area contributed by atoms with Gasteiger partial charge in [0.2, 0.25) is 5.91 Å². The largest absolute Gasteiger partial charge is 0.369 e. The molecule has 3 heterocycles. The Morgan fingerprint density at radius 2 is 1.80 bits per heavy atom. The van der Waals surface area contributed by atoms with Crippen molar-refractivity contribution in [2.75, 3.05) is 37.6 Å². The van der Waals surface area contributed by atoms with E-state index in [1.165, 1.54) is 50.6 Å². The highest BCUT2D eigenvalue weighted by molar-refractivity contribution is 5.77. The van der Waals surface area contributed by atoms with Gasteiger partial charge in [0.25, 0.3) is 0 Å². The highest BCUT2D eigenvalue weighted by atomic mass is 16.1. The predicted octanol–water partition coefficient (Wildman–Crippen LogP) is 7.23. The number of piperidine rings is 2. The van der Waals surface area contributed by atoms with Crippen LogP contribution in [0.2, 0.25) is 0 Å². The second kappa shape index (κ2) is 13.5. The van der Waals surface area contributed by atoms with Crippen LogP contribution in [0.1, 0.15) is 78.7 Å². The third-order valence-electron chi connectivity index (χ3n) is 8.72. The average molecular weight is 543 g/mol. The molecule has 0 bridgehead atoms. The molecular formula is C35H50N4O. The van der Waals surface area contributed by atoms with Gasteiger partial charge >= 0.3 is 0 Å². The van der Waals surface area contributed by atoms with Crippen LogP contribution in [0, 0.1) is 12.8 Å². The zero-order valence-corrected chi connectivity index (χ0v) is 25.7. The van der Waals surface area contributed by atoms with Gasteiger partial charge in [-0.3, -0.25) is 14.6 Å². The molecular weight excluding hydrogens is 492 g/mol. The third kappa shape index (κ3) is 6.63. The number of carbonyl (C=O) groups is 1. The van der Waals surface area contributed by atoms with Crippen molar-refractivity contribution < 1.29 is 4.79 Å².